The van der Waals surface area contributed by atoms with E-state index in [-0.39, 0.29) is 11.5 Å². The smallest absolute Gasteiger partial charge is 0.352 e. The van der Waals surface area contributed by atoms with Crippen LogP contribution in [0.25, 0.3) is 10.8 Å². The first kappa shape index (κ1) is 18.7. The first-order valence-corrected chi connectivity index (χ1v) is 9.28. The van der Waals surface area contributed by atoms with E-state index in [0.717, 1.165) is 36.5 Å². The summed E-state index contributed by atoms with van der Waals surface area (Å²) < 4.78 is 41.4. The number of alkyl halides is 3. The molecule has 5 heteroatoms. The van der Waals surface area contributed by atoms with Crippen molar-refractivity contribution in [1.82, 2.24) is 0 Å². The normalized spacial score (nSPS) is 18.6. The summed E-state index contributed by atoms with van der Waals surface area (Å²) in [5.74, 6) is 0.101. The van der Waals surface area contributed by atoms with Crippen molar-refractivity contribution in [2.45, 2.75) is 51.9 Å². The maximum absolute atomic E-state index is 13.8. The summed E-state index contributed by atoms with van der Waals surface area (Å²) in [6, 6.07) is 10.9. The molecule has 0 aliphatic carbocycles. The summed E-state index contributed by atoms with van der Waals surface area (Å²) in [4.78, 5) is 6.18. The average molecular weight is 362 g/mol. The van der Waals surface area contributed by atoms with Crippen LogP contribution in [0, 0.1) is 5.92 Å². The number of rotatable bonds is 5. The minimum Gasteiger partial charge on any atom is -0.352 e. The Bertz CT molecular complexity index is 810. The Morgan fingerprint density at radius 1 is 1.12 bits per heavy atom. The molecule has 1 aliphatic rings. The molecule has 0 radical (unpaired) electrons. The van der Waals surface area contributed by atoms with Crippen molar-refractivity contribution in [3.8, 4) is 0 Å². The molecular formula is C21H25F3N2. The molecule has 0 fully saturated rings. The van der Waals surface area contributed by atoms with Crippen molar-refractivity contribution in [1.29, 1.82) is 0 Å². The second kappa shape index (κ2) is 7.29. The molecule has 2 atom stereocenters. The van der Waals surface area contributed by atoms with Crippen LogP contribution in [-0.2, 0) is 0 Å². The molecule has 3 rings (SSSR count). The average Bonchev–Trinajstić information content (AvgIpc) is 2.62. The van der Waals surface area contributed by atoms with Gasteiger partial charge in [0, 0.05) is 18.0 Å². The lowest BCUT2D eigenvalue weighted by Gasteiger charge is -2.39. The quantitative estimate of drug-likeness (QED) is 0.620. The lowest BCUT2D eigenvalue weighted by molar-refractivity contribution is -0.0587. The minimum atomic E-state index is -4.46. The van der Waals surface area contributed by atoms with Gasteiger partial charge >= 0.3 is 6.18 Å². The largest absolute Gasteiger partial charge is 0.433 e. The second-order valence-corrected chi connectivity index (χ2v) is 6.99. The molecule has 140 valence electrons. The fraction of sp³-hybridized carbons (Fsp3) is 0.476. The predicted molar refractivity (Wildman–Crippen MR) is 102 cm³/mol. The van der Waals surface area contributed by atoms with Gasteiger partial charge in [0.2, 0.25) is 0 Å². The summed E-state index contributed by atoms with van der Waals surface area (Å²) >= 11 is 0. The molecule has 0 aromatic heterocycles. The van der Waals surface area contributed by atoms with Crippen molar-refractivity contribution < 1.29 is 13.2 Å². The third kappa shape index (κ3) is 3.31. The van der Waals surface area contributed by atoms with Crippen molar-refractivity contribution >= 4 is 22.2 Å². The molecule has 2 aromatic rings. The van der Waals surface area contributed by atoms with Crippen LogP contribution in [0.4, 0.5) is 18.9 Å². The van der Waals surface area contributed by atoms with Gasteiger partial charge in [-0.25, -0.2) is 0 Å². The van der Waals surface area contributed by atoms with E-state index in [1.165, 1.54) is 0 Å². The topological polar surface area (TPSA) is 15.6 Å². The number of unbranched alkanes of at least 4 members (excludes halogenated alkanes) is 1. The molecule has 1 heterocycles. The van der Waals surface area contributed by atoms with Gasteiger partial charge in [0.1, 0.15) is 6.17 Å². The molecule has 0 N–H and O–H groups in total. The second-order valence-electron chi connectivity index (χ2n) is 6.99. The summed E-state index contributed by atoms with van der Waals surface area (Å²) in [5.41, 5.74) is 0.0852. The Labute approximate surface area is 152 Å². The van der Waals surface area contributed by atoms with E-state index in [0.29, 0.717) is 5.69 Å². The Kier molecular flexibility index (Phi) is 5.26. The van der Waals surface area contributed by atoms with Gasteiger partial charge in [0.25, 0.3) is 0 Å². The molecule has 0 spiro atoms. The number of anilines is 1. The number of hydrogen-bond acceptors (Lipinski definition) is 2. The first-order chi connectivity index (χ1) is 12.4. The third-order valence-corrected chi connectivity index (χ3v) is 5.31. The molecule has 0 saturated carbocycles. The number of nitrogens with zero attached hydrogens (tertiary/aromatic N) is 2. The highest BCUT2D eigenvalue weighted by molar-refractivity contribution is 6.15. The molecule has 26 heavy (non-hydrogen) atoms. The van der Waals surface area contributed by atoms with Crippen molar-refractivity contribution in [3.63, 3.8) is 0 Å². The molecule has 2 nitrogen and oxygen atoms in total. The summed E-state index contributed by atoms with van der Waals surface area (Å²) in [6.45, 7) is 4.14. The Hall–Kier alpha value is -2.04. The molecule has 1 aliphatic heterocycles. The number of halogens is 3. The highest BCUT2D eigenvalue weighted by Gasteiger charge is 2.43. The van der Waals surface area contributed by atoms with Crippen LogP contribution >= 0.6 is 0 Å². The van der Waals surface area contributed by atoms with Crippen LogP contribution in [0.15, 0.2) is 41.4 Å². The monoisotopic (exact) mass is 362 g/mol. The zero-order valence-corrected chi connectivity index (χ0v) is 15.5. The van der Waals surface area contributed by atoms with Gasteiger partial charge < -0.3 is 4.90 Å². The molecule has 2 unspecified atom stereocenters. The van der Waals surface area contributed by atoms with E-state index in [9.17, 15) is 13.2 Å². The van der Waals surface area contributed by atoms with Gasteiger partial charge in [0.05, 0.1) is 5.69 Å². The van der Waals surface area contributed by atoms with Crippen molar-refractivity contribution in [2.24, 2.45) is 10.9 Å². The van der Waals surface area contributed by atoms with Gasteiger partial charge in [-0.1, -0.05) is 63.1 Å². The summed E-state index contributed by atoms with van der Waals surface area (Å²) in [7, 11) is 1.88. The number of benzene rings is 2. The summed E-state index contributed by atoms with van der Waals surface area (Å²) in [5, 5.41) is 1.79. The highest BCUT2D eigenvalue weighted by atomic mass is 19.4. The van der Waals surface area contributed by atoms with Gasteiger partial charge in [-0.15, -0.1) is 0 Å². The molecular weight excluding hydrogens is 337 g/mol. The van der Waals surface area contributed by atoms with E-state index in [4.69, 9.17) is 0 Å². The lowest BCUT2D eigenvalue weighted by Crippen LogP contribution is -2.44. The van der Waals surface area contributed by atoms with Crippen LogP contribution in [0.3, 0.4) is 0 Å². The van der Waals surface area contributed by atoms with Gasteiger partial charge in [-0.2, -0.15) is 13.2 Å². The Balaban J connectivity index is 2.19. The van der Waals surface area contributed by atoms with Crippen molar-refractivity contribution in [2.75, 3.05) is 11.9 Å². The van der Waals surface area contributed by atoms with E-state index in [2.05, 4.69) is 11.9 Å². The lowest BCUT2D eigenvalue weighted by atomic mass is 9.91. The SMILES string of the molecule is CCCCC(CC)C1N=C(C(F)(F)F)c2ccc3ccccc3c2N1C. The molecule has 0 saturated heterocycles. The first-order valence-electron chi connectivity index (χ1n) is 9.28. The Morgan fingerprint density at radius 2 is 1.85 bits per heavy atom. The molecule has 2 aromatic carbocycles. The minimum absolute atomic E-state index is 0.101. The third-order valence-electron chi connectivity index (χ3n) is 5.31. The van der Waals surface area contributed by atoms with E-state index in [1.807, 2.05) is 43.1 Å². The van der Waals surface area contributed by atoms with E-state index < -0.39 is 18.1 Å². The van der Waals surface area contributed by atoms with Gasteiger partial charge in [-0.3, -0.25) is 4.99 Å². The standard InChI is InChI=1S/C21H25F3N2/c1-4-6-9-14(5-2)20-25-19(21(22,23)24)17-13-12-15-10-7-8-11-16(15)18(17)26(20)3/h7-8,10-14,20H,4-6,9H2,1-3H3. The number of fused-ring (bicyclic) bond motifs is 3. The maximum Gasteiger partial charge on any atom is 0.433 e. The molecule has 0 amide bonds. The van der Waals surface area contributed by atoms with E-state index in [1.54, 1.807) is 12.1 Å². The number of hydrogen-bond donors (Lipinski definition) is 0. The fourth-order valence-electron chi connectivity index (χ4n) is 3.92. The predicted octanol–water partition coefficient (Wildman–Crippen LogP) is 6.18. The van der Waals surface area contributed by atoms with Crippen LogP contribution in [-0.4, -0.2) is 25.1 Å². The fourth-order valence-corrected chi connectivity index (χ4v) is 3.92. The van der Waals surface area contributed by atoms with Crippen LogP contribution < -0.4 is 4.90 Å². The van der Waals surface area contributed by atoms with Crippen LogP contribution in [0.5, 0.6) is 0 Å². The van der Waals surface area contributed by atoms with Crippen LogP contribution in [0.2, 0.25) is 0 Å². The zero-order chi connectivity index (χ0) is 18.9. The van der Waals surface area contributed by atoms with Gasteiger partial charge in [-0.05, 0) is 24.1 Å². The van der Waals surface area contributed by atoms with Crippen LogP contribution in [0.1, 0.15) is 45.1 Å². The molecule has 0 bridgehead atoms. The zero-order valence-electron chi connectivity index (χ0n) is 15.5. The maximum atomic E-state index is 13.8. The van der Waals surface area contributed by atoms with Crippen molar-refractivity contribution in [3.05, 3.63) is 42.0 Å². The van der Waals surface area contributed by atoms with E-state index >= 15 is 0 Å². The number of aliphatic imine (C=N–C) groups is 1. The van der Waals surface area contributed by atoms with Gasteiger partial charge in [0.15, 0.2) is 5.71 Å². The Morgan fingerprint density at radius 3 is 2.50 bits per heavy atom. The highest BCUT2D eigenvalue weighted by Crippen LogP contribution is 2.41. The summed E-state index contributed by atoms with van der Waals surface area (Å²) in [6.07, 6.45) is -1.22.